The van der Waals surface area contributed by atoms with Gasteiger partial charge in [-0.25, -0.2) is 0 Å². The predicted octanol–water partition coefficient (Wildman–Crippen LogP) is 0.873. The Morgan fingerprint density at radius 2 is 2.25 bits per heavy atom. The molecule has 1 saturated heterocycles. The van der Waals surface area contributed by atoms with Gasteiger partial charge in [0, 0.05) is 19.7 Å². The third-order valence-corrected chi connectivity index (χ3v) is 5.17. The van der Waals surface area contributed by atoms with Gasteiger partial charge in [-0.05, 0) is 52.1 Å². The Morgan fingerprint density at radius 3 is 2.85 bits per heavy atom. The fourth-order valence-corrected chi connectivity index (χ4v) is 3.86. The van der Waals surface area contributed by atoms with Crippen molar-refractivity contribution >= 4 is 5.91 Å². The van der Waals surface area contributed by atoms with Gasteiger partial charge < -0.3 is 15.8 Å². The minimum absolute atomic E-state index is 0.0472. The third-order valence-electron chi connectivity index (χ3n) is 5.17. The molecular formula is C15H29N3O2. The largest absolute Gasteiger partial charge is 0.377 e. The Labute approximate surface area is 122 Å². The molecule has 3 N–H and O–H groups in total. The maximum absolute atomic E-state index is 11.8. The van der Waals surface area contributed by atoms with Gasteiger partial charge in [0.2, 0.25) is 5.91 Å². The van der Waals surface area contributed by atoms with E-state index in [4.69, 9.17) is 10.5 Å². The molecular weight excluding hydrogens is 254 g/mol. The lowest BCUT2D eigenvalue weighted by Gasteiger charge is -2.42. The summed E-state index contributed by atoms with van der Waals surface area (Å²) >= 11 is 0. The molecule has 0 aromatic carbocycles. The van der Waals surface area contributed by atoms with E-state index in [-0.39, 0.29) is 11.5 Å². The molecule has 0 aromatic rings. The fourth-order valence-electron chi connectivity index (χ4n) is 3.86. The Morgan fingerprint density at radius 1 is 1.50 bits per heavy atom. The van der Waals surface area contributed by atoms with E-state index in [1.54, 1.807) is 7.11 Å². The molecule has 0 radical (unpaired) electrons. The Bertz CT molecular complexity index is 363. The normalized spacial score (nSPS) is 39.0. The number of nitrogens with zero attached hydrogens (tertiary/aromatic N) is 1. The molecule has 2 aliphatic rings. The van der Waals surface area contributed by atoms with Crippen molar-refractivity contribution in [3.05, 3.63) is 0 Å². The number of rotatable bonds is 5. The van der Waals surface area contributed by atoms with E-state index < -0.39 is 5.54 Å². The van der Waals surface area contributed by atoms with Crippen molar-refractivity contribution in [2.45, 2.75) is 63.1 Å². The van der Waals surface area contributed by atoms with Gasteiger partial charge >= 0.3 is 0 Å². The highest BCUT2D eigenvalue weighted by Crippen LogP contribution is 2.36. The molecule has 5 nitrogen and oxygen atoms in total. The highest BCUT2D eigenvalue weighted by molar-refractivity contribution is 5.85. The van der Waals surface area contributed by atoms with Crippen LogP contribution in [0.4, 0.5) is 0 Å². The molecule has 1 amide bonds. The minimum atomic E-state index is -0.500. The van der Waals surface area contributed by atoms with Crippen molar-refractivity contribution in [1.82, 2.24) is 10.2 Å². The summed E-state index contributed by atoms with van der Waals surface area (Å²) in [7, 11) is 1.80. The van der Waals surface area contributed by atoms with Gasteiger partial charge in [-0.15, -0.1) is 0 Å². The van der Waals surface area contributed by atoms with E-state index in [1.165, 1.54) is 0 Å². The van der Waals surface area contributed by atoms with E-state index in [9.17, 15) is 4.79 Å². The minimum Gasteiger partial charge on any atom is -0.377 e. The number of primary amides is 1. The van der Waals surface area contributed by atoms with Gasteiger partial charge in [-0.1, -0.05) is 6.92 Å². The molecule has 2 rings (SSSR count). The third kappa shape index (κ3) is 3.00. The molecule has 1 aliphatic heterocycles. The van der Waals surface area contributed by atoms with Crippen LogP contribution in [0.3, 0.4) is 0 Å². The average molecular weight is 283 g/mol. The maximum Gasteiger partial charge on any atom is 0.237 e. The number of nitrogens with two attached hydrogens (primary N) is 1. The molecule has 0 bridgehead atoms. The molecule has 2 fully saturated rings. The zero-order valence-electron chi connectivity index (χ0n) is 13.1. The lowest BCUT2D eigenvalue weighted by molar-refractivity contribution is -0.124. The summed E-state index contributed by atoms with van der Waals surface area (Å²) in [5, 5.41) is 3.33. The number of hydrogen-bond acceptors (Lipinski definition) is 4. The van der Waals surface area contributed by atoms with Crippen molar-refractivity contribution in [2.75, 3.05) is 26.7 Å². The molecule has 1 heterocycles. The van der Waals surface area contributed by atoms with Crippen molar-refractivity contribution in [2.24, 2.45) is 5.73 Å². The number of nitrogens with one attached hydrogen (secondary N) is 1. The summed E-state index contributed by atoms with van der Waals surface area (Å²) < 4.78 is 5.67. The van der Waals surface area contributed by atoms with Gasteiger partial charge in [0.1, 0.15) is 0 Å². The van der Waals surface area contributed by atoms with Crippen LogP contribution >= 0.6 is 0 Å². The SMILES string of the molecule is CCNC1(C(N)=O)CCC(N2CCCC(C)(OC)C2)C1. The summed E-state index contributed by atoms with van der Waals surface area (Å²) in [6.45, 7) is 7.05. The van der Waals surface area contributed by atoms with Crippen LogP contribution in [0.15, 0.2) is 0 Å². The quantitative estimate of drug-likeness (QED) is 0.786. The second-order valence-corrected chi connectivity index (χ2v) is 6.60. The average Bonchev–Trinajstić information content (AvgIpc) is 2.85. The van der Waals surface area contributed by atoms with E-state index in [2.05, 4.69) is 17.1 Å². The molecule has 1 aliphatic carbocycles. The number of carbonyl (C=O) groups excluding carboxylic acids is 1. The highest BCUT2D eigenvalue weighted by Gasteiger charge is 2.46. The Kier molecular flexibility index (Phi) is 4.72. The van der Waals surface area contributed by atoms with Crippen molar-refractivity contribution in [3.8, 4) is 0 Å². The number of likely N-dealkylation sites (N-methyl/N-ethyl adjacent to an activating group) is 1. The zero-order chi connectivity index (χ0) is 14.8. The summed E-state index contributed by atoms with van der Waals surface area (Å²) in [5.74, 6) is -0.201. The van der Waals surface area contributed by atoms with Gasteiger partial charge in [-0.2, -0.15) is 0 Å². The number of amides is 1. The van der Waals surface area contributed by atoms with Crippen molar-refractivity contribution in [3.63, 3.8) is 0 Å². The topological polar surface area (TPSA) is 67.6 Å². The molecule has 1 saturated carbocycles. The number of hydrogen-bond donors (Lipinski definition) is 2. The summed E-state index contributed by atoms with van der Waals surface area (Å²) in [4.78, 5) is 14.3. The van der Waals surface area contributed by atoms with Crippen molar-refractivity contribution < 1.29 is 9.53 Å². The summed E-state index contributed by atoms with van der Waals surface area (Å²) in [5.41, 5.74) is 5.10. The number of carbonyl (C=O) groups is 1. The molecule has 3 atom stereocenters. The monoisotopic (exact) mass is 283 g/mol. The van der Waals surface area contributed by atoms with E-state index in [1.807, 2.05) is 6.92 Å². The zero-order valence-corrected chi connectivity index (χ0v) is 13.1. The second-order valence-electron chi connectivity index (χ2n) is 6.60. The fraction of sp³-hybridized carbons (Fsp3) is 0.933. The van der Waals surface area contributed by atoms with Crippen LogP contribution in [0.5, 0.6) is 0 Å². The molecule has 116 valence electrons. The second kappa shape index (κ2) is 6.00. The van der Waals surface area contributed by atoms with E-state index in [0.29, 0.717) is 6.04 Å². The molecule has 3 unspecified atom stereocenters. The van der Waals surface area contributed by atoms with Gasteiger partial charge in [0.25, 0.3) is 0 Å². The van der Waals surface area contributed by atoms with Gasteiger partial charge in [-0.3, -0.25) is 9.69 Å². The first kappa shape index (κ1) is 15.7. The van der Waals surface area contributed by atoms with Crippen LogP contribution in [-0.2, 0) is 9.53 Å². The number of ether oxygens (including phenoxy) is 1. The first-order valence-electron chi connectivity index (χ1n) is 7.79. The van der Waals surface area contributed by atoms with E-state index >= 15 is 0 Å². The standard InChI is InChI=1S/C15H29N3O2/c1-4-17-15(13(16)19)8-6-12(10-15)18-9-5-7-14(2,11-18)20-3/h12,17H,4-11H2,1-3H3,(H2,16,19). The lowest BCUT2D eigenvalue weighted by atomic mass is 9.92. The molecule has 20 heavy (non-hydrogen) atoms. The van der Waals surface area contributed by atoms with Gasteiger partial charge in [0.15, 0.2) is 0 Å². The van der Waals surface area contributed by atoms with Crippen LogP contribution in [0.1, 0.15) is 46.0 Å². The van der Waals surface area contributed by atoms with E-state index in [0.717, 1.165) is 51.7 Å². The number of piperidine rings is 1. The van der Waals surface area contributed by atoms with Crippen LogP contribution < -0.4 is 11.1 Å². The highest BCUT2D eigenvalue weighted by atomic mass is 16.5. The van der Waals surface area contributed by atoms with Crippen molar-refractivity contribution in [1.29, 1.82) is 0 Å². The molecule has 0 spiro atoms. The predicted molar refractivity (Wildman–Crippen MR) is 79.5 cm³/mol. The van der Waals surface area contributed by atoms with Crippen LogP contribution in [-0.4, -0.2) is 54.7 Å². The van der Waals surface area contributed by atoms with Crippen LogP contribution in [0, 0.1) is 0 Å². The van der Waals surface area contributed by atoms with Crippen LogP contribution in [0.2, 0.25) is 0 Å². The summed E-state index contributed by atoms with van der Waals surface area (Å²) in [6.07, 6.45) is 4.99. The summed E-state index contributed by atoms with van der Waals surface area (Å²) in [6, 6.07) is 0.441. The molecule has 5 heteroatoms. The smallest absolute Gasteiger partial charge is 0.237 e. The van der Waals surface area contributed by atoms with Crippen LogP contribution in [0.25, 0.3) is 0 Å². The maximum atomic E-state index is 11.8. The molecule has 0 aromatic heterocycles. The first-order valence-corrected chi connectivity index (χ1v) is 7.79. The lowest BCUT2D eigenvalue weighted by Crippen LogP contribution is -2.56. The Hall–Kier alpha value is -0.650. The van der Waals surface area contributed by atoms with Gasteiger partial charge in [0.05, 0.1) is 11.1 Å². The first-order chi connectivity index (χ1) is 9.45. The Balaban J connectivity index is 2.03. The number of methoxy groups -OCH3 is 1. The number of likely N-dealkylation sites (tertiary alicyclic amines) is 1.